The summed E-state index contributed by atoms with van der Waals surface area (Å²) < 4.78 is 11.4. The minimum atomic E-state index is 0.174. The van der Waals surface area contributed by atoms with Gasteiger partial charge in [-0.25, -0.2) is 0 Å². The maximum Gasteiger partial charge on any atom is 0.127 e. The second-order valence-corrected chi connectivity index (χ2v) is 6.25. The molecule has 1 aliphatic heterocycles. The van der Waals surface area contributed by atoms with Gasteiger partial charge in [-0.2, -0.15) is 0 Å². The van der Waals surface area contributed by atoms with E-state index in [1.54, 1.807) is 0 Å². The quantitative estimate of drug-likeness (QED) is 0.834. The summed E-state index contributed by atoms with van der Waals surface area (Å²) in [5.74, 6) is 0.950. The number of hydrogen-bond donors (Lipinski definition) is 0. The normalized spacial score (nSPS) is 15.8. The van der Waals surface area contributed by atoms with E-state index in [0.29, 0.717) is 0 Å². The van der Waals surface area contributed by atoms with E-state index in [9.17, 15) is 0 Å². The Hall–Kier alpha value is -1.84. The molecule has 0 bridgehead atoms. The van der Waals surface area contributed by atoms with Crippen molar-refractivity contribution in [1.29, 1.82) is 0 Å². The molecule has 0 radical (unpaired) electrons. The molecule has 3 heteroatoms. The smallest absolute Gasteiger partial charge is 0.127 e. The van der Waals surface area contributed by atoms with Crippen LogP contribution in [0.4, 0.5) is 0 Å². The van der Waals surface area contributed by atoms with Crippen LogP contribution in [-0.2, 0) is 11.3 Å². The maximum absolute atomic E-state index is 5.96. The van der Waals surface area contributed by atoms with Gasteiger partial charge in [-0.1, -0.05) is 36.4 Å². The zero-order valence-electron chi connectivity index (χ0n) is 14.0. The summed E-state index contributed by atoms with van der Waals surface area (Å²) in [6.07, 6.45) is 0.174. The maximum atomic E-state index is 5.96. The number of rotatable bonds is 5. The van der Waals surface area contributed by atoms with Crippen molar-refractivity contribution < 1.29 is 9.47 Å². The Morgan fingerprint density at radius 3 is 2.61 bits per heavy atom. The van der Waals surface area contributed by atoms with Crippen LogP contribution in [-0.4, -0.2) is 37.3 Å². The lowest BCUT2D eigenvalue weighted by Crippen LogP contribution is -2.35. The van der Waals surface area contributed by atoms with E-state index < -0.39 is 0 Å². The number of nitrogens with zero attached hydrogens (tertiary/aromatic N) is 1. The molecule has 1 aliphatic rings. The first-order chi connectivity index (χ1) is 11.2. The van der Waals surface area contributed by atoms with E-state index in [1.165, 1.54) is 11.1 Å². The lowest BCUT2D eigenvalue weighted by Gasteiger charge is -2.26. The first-order valence-electron chi connectivity index (χ1n) is 8.37. The van der Waals surface area contributed by atoms with E-state index in [1.807, 2.05) is 12.1 Å². The van der Waals surface area contributed by atoms with Gasteiger partial charge in [0.1, 0.15) is 5.75 Å². The van der Waals surface area contributed by atoms with E-state index >= 15 is 0 Å². The Morgan fingerprint density at radius 2 is 1.83 bits per heavy atom. The summed E-state index contributed by atoms with van der Waals surface area (Å²) >= 11 is 0. The summed E-state index contributed by atoms with van der Waals surface area (Å²) in [4.78, 5) is 2.44. The van der Waals surface area contributed by atoms with Gasteiger partial charge < -0.3 is 9.47 Å². The van der Waals surface area contributed by atoms with Crippen LogP contribution in [0, 0.1) is 0 Å². The standard InChI is InChI=1S/C20H25NO2/c1-16(2)23-20-9-4-3-8-19(20)18-7-5-6-17(14-18)15-21-10-12-22-13-11-21/h3-9,14,16H,10-13,15H2,1-2H3. The summed E-state index contributed by atoms with van der Waals surface area (Å²) in [5, 5.41) is 0. The number of ether oxygens (including phenoxy) is 2. The van der Waals surface area contributed by atoms with Crippen LogP contribution >= 0.6 is 0 Å². The fourth-order valence-electron chi connectivity index (χ4n) is 2.92. The van der Waals surface area contributed by atoms with Crippen LogP contribution in [0.3, 0.4) is 0 Å². The van der Waals surface area contributed by atoms with Crippen molar-refractivity contribution in [2.75, 3.05) is 26.3 Å². The molecule has 0 unspecified atom stereocenters. The first-order valence-corrected chi connectivity index (χ1v) is 8.37. The fourth-order valence-corrected chi connectivity index (χ4v) is 2.92. The predicted molar refractivity (Wildman–Crippen MR) is 93.7 cm³/mol. The summed E-state index contributed by atoms with van der Waals surface area (Å²) in [7, 11) is 0. The van der Waals surface area contributed by atoms with Gasteiger partial charge in [0, 0.05) is 25.2 Å². The lowest BCUT2D eigenvalue weighted by atomic mass is 10.0. The molecule has 23 heavy (non-hydrogen) atoms. The molecule has 2 aromatic rings. The van der Waals surface area contributed by atoms with Gasteiger partial charge >= 0.3 is 0 Å². The zero-order valence-corrected chi connectivity index (χ0v) is 14.0. The van der Waals surface area contributed by atoms with Gasteiger partial charge in [-0.3, -0.25) is 4.90 Å². The molecule has 2 aromatic carbocycles. The Morgan fingerprint density at radius 1 is 1.04 bits per heavy atom. The number of benzene rings is 2. The van der Waals surface area contributed by atoms with E-state index in [2.05, 4.69) is 55.1 Å². The molecule has 0 spiro atoms. The first kappa shape index (κ1) is 16.0. The molecule has 0 amide bonds. The average Bonchev–Trinajstić information content (AvgIpc) is 2.56. The molecule has 0 aromatic heterocycles. The van der Waals surface area contributed by atoms with Crippen molar-refractivity contribution in [2.24, 2.45) is 0 Å². The molecule has 1 fully saturated rings. The van der Waals surface area contributed by atoms with Gasteiger partial charge in [0.15, 0.2) is 0 Å². The van der Waals surface area contributed by atoms with E-state index in [4.69, 9.17) is 9.47 Å². The Bertz CT molecular complexity index is 633. The van der Waals surface area contributed by atoms with Crippen molar-refractivity contribution in [1.82, 2.24) is 4.90 Å². The van der Waals surface area contributed by atoms with Crippen molar-refractivity contribution >= 4 is 0 Å². The molecule has 3 rings (SSSR count). The van der Waals surface area contributed by atoms with Crippen LogP contribution in [0.15, 0.2) is 48.5 Å². The monoisotopic (exact) mass is 311 g/mol. The van der Waals surface area contributed by atoms with E-state index in [0.717, 1.165) is 44.2 Å². The molecule has 1 heterocycles. The van der Waals surface area contributed by atoms with Crippen molar-refractivity contribution in [2.45, 2.75) is 26.5 Å². The molecular formula is C20H25NO2. The minimum Gasteiger partial charge on any atom is -0.490 e. The Labute approximate surface area is 138 Å². The van der Waals surface area contributed by atoms with Crippen LogP contribution in [0.5, 0.6) is 5.75 Å². The summed E-state index contributed by atoms with van der Waals surface area (Å²) in [5.41, 5.74) is 3.71. The lowest BCUT2D eigenvalue weighted by molar-refractivity contribution is 0.0342. The molecule has 0 saturated carbocycles. The third kappa shape index (κ3) is 4.34. The fraction of sp³-hybridized carbons (Fsp3) is 0.400. The molecular weight excluding hydrogens is 286 g/mol. The van der Waals surface area contributed by atoms with Gasteiger partial charge in [-0.05, 0) is 37.1 Å². The SMILES string of the molecule is CC(C)Oc1ccccc1-c1cccc(CN2CCOCC2)c1. The largest absolute Gasteiger partial charge is 0.490 e. The van der Waals surface area contributed by atoms with Gasteiger partial charge in [0.05, 0.1) is 19.3 Å². The minimum absolute atomic E-state index is 0.174. The topological polar surface area (TPSA) is 21.7 Å². The molecule has 122 valence electrons. The molecule has 0 N–H and O–H groups in total. The highest BCUT2D eigenvalue weighted by Crippen LogP contribution is 2.31. The molecule has 3 nitrogen and oxygen atoms in total. The Kier molecular flexibility index (Phi) is 5.31. The van der Waals surface area contributed by atoms with Crippen LogP contribution < -0.4 is 4.74 Å². The van der Waals surface area contributed by atoms with Crippen LogP contribution in [0.1, 0.15) is 19.4 Å². The van der Waals surface area contributed by atoms with Crippen molar-refractivity contribution in [3.63, 3.8) is 0 Å². The van der Waals surface area contributed by atoms with Gasteiger partial charge in [0.2, 0.25) is 0 Å². The number of para-hydroxylation sites is 1. The zero-order chi connectivity index (χ0) is 16.1. The Balaban J connectivity index is 1.82. The predicted octanol–water partition coefficient (Wildman–Crippen LogP) is 3.97. The van der Waals surface area contributed by atoms with Crippen LogP contribution in [0.2, 0.25) is 0 Å². The average molecular weight is 311 g/mol. The van der Waals surface area contributed by atoms with E-state index in [-0.39, 0.29) is 6.10 Å². The molecule has 0 aliphatic carbocycles. The second-order valence-electron chi connectivity index (χ2n) is 6.25. The second kappa shape index (κ2) is 7.62. The third-order valence-electron chi connectivity index (χ3n) is 4.00. The highest BCUT2D eigenvalue weighted by molar-refractivity contribution is 5.70. The number of morpholine rings is 1. The molecule has 1 saturated heterocycles. The third-order valence-corrected chi connectivity index (χ3v) is 4.00. The number of hydrogen-bond acceptors (Lipinski definition) is 3. The highest BCUT2D eigenvalue weighted by atomic mass is 16.5. The van der Waals surface area contributed by atoms with Gasteiger partial charge in [0.25, 0.3) is 0 Å². The van der Waals surface area contributed by atoms with Crippen LogP contribution in [0.25, 0.3) is 11.1 Å². The van der Waals surface area contributed by atoms with Crippen molar-refractivity contribution in [3.05, 3.63) is 54.1 Å². The highest BCUT2D eigenvalue weighted by Gasteiger charge is 2.12. The van der Waals surface area contributed by atoms with Gasteiger partial charge in [-0.15, -0.1) is 0 Å². The summed E-state index contributed by atoms with van der Waals surface area (Å²) in [6.45, 7) is 8.80. The summed E-state index contributed by atoms with van der Waals surface area (Å²) in [6, 6.07) is 17.0. The molecule has 0 atom stereocenters. The van der Waals surface area contributed by atoms with Crippen molar-refractivity contribution in [3.8, 4) is 16.9 Å².